The standard InChI is InChI=1S/C14H19BrN2O2/c15-13-6-5-12(19-13)14(18)17(11-3-4-11)9-10-2-1-7-16-8-10/h5-6,10-11,16H,1-4,7-9H2. The van der Waals surface area contributed by atoms with Crippen LogP contribution in [-0.2, 0) is 0 Å². The van der Waals surface area contributed by atoms with Gasteiger partial charge in [-0.2, -0.15) is 0 Å². The average molecular weight is 327 g/mol. The maximum Gasteiger partial charge on any atom is 0.289 e. The van der Waals surface area contributed by atoms with Crippen LogP contribution >= 0.6 is 15.9 Å². The second-order valence-corrected chi connectivity index (χ2v) is 6.29. The zero-order chi connectivity index (χ0) is 13.2. The van der Waals surface area contributed by atoms with E-state index in [2.05, 4.69) is 21.2 Å². The van der Waals surface area contributed by atoms with Crippen LogP contribution in [0.5, 0.6) is 0 Å². The van der Waals surface area contributed by atoms with Crippen LogP contribution in [0.2, 0.25) is 0 Å². The van der Waals surface area contributed by atoms with E-state index in [0.717, 1.165) is 32.5 Å². The summed E-state index contributed by atoms with van der Waals surface area (Å²) < 4.78 is 6.02. The molecule has 2 heterocycles. The monoisotopic (exact) mass is 326 g/mol. The van der Waals surface area contributed by atoms with Crippen LogP contribution in [-0.4, -0.2) is 36.5 Å². The van der Waals surface area contributed by atoms with E-state index in [9.17, 15) is 4.79 Å². The molecular weight excluding hydrogens is 308 g/mol. The molecule has 1 saturated heterocycles. The number of nitrogens with one attached hydrogen (secondary N) is 1. The van der Waals surface area contributed by atoms with Crippen molar-refractivity contribution in [3.63, 3.8) is 0 Å². The van der Waals surface area contributed by atoms with Crippen LogP contribution in [0.1, 0.15) is 36.2 Å². The maximum absolute atomic E-state index is 12.5. The number of hydrogen-bond acceptors (Lipinski definition) is 3. The molecule has 2 fully saturated rings. The highest BCUT2D eigenvalue weighted by atomic mass is 79.9. The molecule has 1 N–H and O–H groups in total. The largest absolute Gasteiger partial charge is 0.444 e. The molecule has 19 heavy (non-hydrogen) atoms. The Kier molecular flexibility index (Phi) is 3.93. The summed E-state index contributed by atoms with van der Waals surface area (Å²) in [5.41, 5.74) is 0. The quantitative estimate of drug-likeness (QED) is 0.925. The fraction of sp³-hybridized carbons (Fsp3) is 0.643. The Balaban J connectivity index is 1.68. The molecule has 0 aromatic carbocycles. The number of rotatable bonds is 4. The molecule has 1 atom stereocenters. The highest BCUT2D eigenvalue weighted by Crippen LogP contribution is 2.30. The number of piperidine rings is 1. The number of nitrogens with zero attached hydrogens (tertiary/aromatic N) is 1. The van der Waals surface area contributed by atoms with E-state index in [1.54, 1.807) is 12.1 Å². The molecule has 104 valence electrons. The smallest absolute Gasteiger partial charge is 0.289 e. The zero-order valence-corrected chi connectivity index (χ0v) is 12.5. The van der Waals surface area contributed by atoms with Crippen LogP contribution < -0.4 is 5.32 Å². The lowest BCUT2D eigenvalue weighted by Gasteiger charge is -2.29. The summed E-state index contributed by atoms with van der Waals surface area (Å²) in [4.78, 5) is 14.5. The molecule has 1 aromatic heterocycles. The molecular formula is C14H19BrN2O2. The van der Waals surface area contributed by atoms with Gasteiger partial charge in [-0.3, -0.25) is 4.79 Å². The van der Waals surface area contributed by atoms with Crippen molar-refractivity contribution in [3.8, 4) is 0 Å². The number of hydrogen-bond donors (Lipinski definition) is 1. The summed E-state index contributed by atoms with van der Waals surface area (Å²) in [7, 11) is 0. The van der Waals surface area contributed by atoms with Crippen LogP contribution in [0.25, 0.3) is 0 Å². The van der Waals surface area contributed by atoms with Gasteiger partial charge < -0.3 is 14.6 Å². The fourth-order valence-electron chi connectivity index (χ4n) is 2.71. The molecule has 1 saturated carbocycles. The average Bonchev–Trinajstić information content (AvgIpc) is 3.18. The third kappa shape index (κ3) is 3.20. The molecule has 1 aliphatic heterocycles. The highest BCUT2D eigenvalue weighted by Gasteiger charge is 2.35. The Hall–Kier alpha value is -0.810. The van der Waals surface area contributed by atoms with Crippen molar-refractivity contribution in [2.24, 2.45) is 5.92 Å². The van der Waals surface area contributed by atoms with E-state index in [1.165, 1.54) is 12.8 Å². The second-order valence-electron chi connectivity index (χ2n) is 5.50. The number of amides is 1. The Labute approximate surface area is 121 Å². The summed E-state index contributed by atoms with van der Waals surface area (Å²) >= 11 is 3.25. The first kappa shape index (κ1) is 13.2. The van der Waals surface area contributed by atoms with Gasteiger partial charge in [-0.1, -0.05) is 0 Å². The predicted molar refractivity (Wildman–Crippen MR) is 76.1 cm³/mol. The molecule has 1 aromatic rings. The van der Waals surface area contributed by atoms with Gasteiger partial charge in [-0.15, -0.1) is 0 Å². The molecule has 0 radical (unpaired) electrons. The van der Waals surface area contributed by atoms with E-state index in [4.69, 9.17) is 4.42 Å². The fourth-order valence-corrected chi connectivity index (χ4v) is 3.02. The van der Waals surface area contributed by atoms with Crippen molar-refractivity contribution in [2.75, 3.05) is 19.6 Å². The van der Waals surface area contributed by atoms with Crippen molar-refractivity contribution in [1.29, 1.82) is 0 Å². The molecule has 0 spiro atoms. The number of carbonyl (C=O) groups excluding carboxylic acids is 1. The van der Waals surface area contributed by atoms with Crippen molar-refractivity contribution in [2.45, 2.75) is 31.7 Å². The first-order chi connectivity index (χ1) is 9.24. The van der Waals surface area contributed by atoms with Gasteiger partial charge in [0.2, 0.25) is 0 Å². The van der Waals surface area contributed by atoms with Gasteiger partial charge in [-0.25, -0.2) is 0 Å². The Morgan fingerprint density at radius 2 is 2.26 bits per heavy atom. The molecule has 1 amide bonds. The summed E-state index contributed by atoms with van der Waals surface area (Å²) in [6, 6.07) is 3.96. The van der Waals surface area contributed by atoms with Gasteiger partial charge >= 0.3 is 0 Å². The third-order valence-electron chi connectivity index (χ3n) is 3.89. The molecule has 3 rings (SSSR count). The molecule has 5 heteroatoms. The molecule has 1 unspecified atom stereocenters. The van der Waals surface area contributed by atoms with Crippen molar-refractivity contribution in [3.05, 3.63) is 22.6 Å². The van der Waals surface area contributed by atoms with E-state index in [0.29, 0.717) is 22.4 Å². The van der Waals surface area contributed by atoms with Crippen LogP contribution in [0.15, 0.2) is 21.2 Å². The second kappa shape index (κ2) is 5.67. The number of carbonyl (C=O) groups is 1. The summed E-state index contributed by atoms with van der Waals surface area (Å²) in [6.45, 7) is 2.99. The lowest BCUT2D eigenvalue weighted by Crippen LogP contribution is -2.42. The van der Waals surface area contributed by atoms with E-state index >= 15 is 0 Å². The van der Waals surface area contributed by atoms with Gasteiger partial charge in [0.15, 0.2) is 10.4 Å². The molecule has 0 bridgehead atoms. The zero-order valence-electron chi connectivity index (χ0n) is 10.9. The first-order valence-electron chi connectivity index (χ1n) is 7.01. The van der Waals surface area contributed by atoms with Gasteiger partial charge in [0, 0.05) is 12.6 Å². The van der Waals surface area contributed by atoms with Gasteiger partial charge in [0.25, 0.3) is 5.91 Å². The summed E-state index contributed by atoms with van der Waals surface area (Å²) in [6.07, 6.45) is 4.69. The molecule has 1 aliphatic carbocycles. The lowest BCUT2D eigenvalue weighted by molar-refractivity contribution is 0.0670. The Bertz CT molecular complexity index is 450. The number of furan rings is 1. The Morgan fingerprint density at radius 3 is 2.84 bits per heavy atom. The Morgan fingerprint density at radius 1 is 1.42 bits per heavy atom. The maximum atomic E-state index is 12.5. The van der Waals surface area contributed by atoms with E-state index in [-0.39, 0.29) is 5.91 Å². The van der Waals surface area contributed by atoms with E-state index < -0.39 is 0 Å². The minimum absolute atomic E-state index is 0.0405. The van der Waals surface area contributed by atoms with Gasteiger partial charge in [0.1, 0.15) is 0 Å². The van der Waals surface area contributed by atoms with Crippen molar-refractivity contribution in [1.82, 2.24) is 10.2 Å². The van der Waals surface area contributed by atoms with Gasteiger partial charge in [-0.05, 0) is 72.8 Å². The van der Waals surface area contributed by atoms with Crippen LogP contribution in [0, 0.1) is 5.92 Å². The summed E-state index contributed by atoms with van der Waals surface area (Å²) in [5, 5.41) is 3.41. The molecule has 4 nitrogen and oxygen atoms in total. The van der Waals surface area contributed by atoms with Crippen molar-refractivity contribution < 1.29 is 9.21 Å². The normalized spacial score (nSPS) is 23.3. The summed E-state index contributed by atoms with van der Waals surface area (Å²) in [5.74, 6) is 1.07. The topological polar surface area (TPSA) is 45.5 Å². The lowest BCUT2D eigenvalue weighted by atomic mass is 9.99. The van der Waals surface area contributed by atoms with E-state index in [1.807, 2.05) is 4.90 Å². The minimum atomic E-state index is 0.0405. The third-order valence-corrected chi connectivity index (χ3v) is 4.31. The first-order valence-corrected chi connectivity index (χ1v) is 7.80. The SMILES string of the molecule is O=C(c1ccc(Br)o1)N(CC1CCCNC1)C1CC1. The molecule has 2 aliphatic rings. The van der Waals surface area contributed by atoms with Gasteiger partial charge in [0.05, 0.1) is 0 Å². The van der Waals surface area contributed by atoms with Crippen LogP contribution in [0.4, 0.5) is 0 Å². The number of halogens is 1. The van der Waals surface area contributed by atoms with Crippen LogP contribution in [0.3, 0.4) is 0 Å². The highest BCUT2D eigenvalue weighted by molar-refractivity contribution is 9.10. The van der Waals surface area contributed by atoms with Crippen molar-refractivity contribution >= 4 is 21.8 Å². The predicted octanol–water partition coefficient (Wildman–Crippen LogP) is 2.65. The minimum Gasteiger partial charge on any atom is -0.444 e.